The summed E-state index contributed by atoms with van der Waals surface area (Å²) >= 11 is 0. The lowest BCUT2D eigenvalue weighted by Gasteiger charge is -2.14. The minimum atomic E-state index is -0.615. The van der Waals surface area contributed by atoms with E-state index in [2.05, 4.69) is 10.3 Å². The summed E-state index contributed by atoms with van der Waals surface area (Å²) in [7, 11) is 2.98. The van der Waals surface area contributed by atoms with Gasteiger partial charge in [0.2, 0.25) is 5.91 Å². The molecule has 0 fully saturated rings. The number of carbonyl (C=O) groups excluding carboxylic acids is 1. The first-order valence-electron chi connectivity index (χ1n) is 10.7. The van der Waals surface area contributed by atoms with E-state index in [1.807, 2.05) is 37.3 Å². The van der Waals surface area contributed by atoms with Gasteiger partial charge in [0.25, 0.3) is 5.56 Å². The Morgan fingerprint density at radius 3 is 2.47 bits per heavy atom. The van der Waals surface area contributed by atoms with Crippen LogP contribution in [-0.4, -0.2) is 38.8 Å². The fraction of sp³-hybridized carbons (Fsp3) is 0.250. The molecule has 0 saturated carbocycles. The Hall–Kier alpha value is -4.34. The maximum absolute atomic E-state index is 13.4. The number of hydrogen-bond acceptors (Lipinski definition) is 6. The molecule has 0 aliphatic rings. The SMILES string of the molecule is CCn1cnc2c1c(=O)n(CC(=O)Nc1cc(OC)ccc1OC)c(=O)n2Cc1ccccc1. The quantitative estimate of drug-likeness (QED) is 0.429. The van der Waals surface area contributed by atoms with Crippen molar-refractivity contribution in [2.75, 3.05) is 19.5 Å². The summed E-state index contributed by atoms with van der Waals surface area (Å²) in [5.74, 6) is 0.383. The van der Waals surface area contributed by atoms with Gasteiger partial charge >= 0.3 is 5.69 Å². The van der Waals surface area contributed by atoms with Crippen molar-refractivity contribution in [1.82, 2.24) is 18.7 Å². The van der Waals surface area contributed by atoms with Crippen LogP contribution in [0.5, 0.6) is 11.5 Å². The van der Waals surface area contributed by atoms with Gasteiger partial charge in [-0.1, -0.05) is 30.3 Å². The molecule has 0 unspecified atom stereocenters. The minimum absolute atomic E-state index is 0.211. The zero-order valence-corrected chi connectivity index (χ0v) is 19.1. The number of imidazole rings is 1. The molecule has 34 heavy (non-hydrogen) atoms. The number of hydrogen-bond donors (Lipinski definition) is 1. The number of ether oxygens (including phenoxy) is 2. The molecule has 2 heterocycles. The predicted molar refractivity (Wildman–Crippen MR) is 128 cm³/mol. The van der Waals surface area contributed by atoms with E-state index in [4.69, 9.17) is 9.47 Å². The summed E-state index contributed by atoms with van der Waals surface area (Å²) in [5, 5.41) is 2.70. The molecule has 1 amide bonds. The van der Waals surface area contributed by atoms with Gasteiger partial charge in [-0.05, 0) is 24.6 Å². The Morgan fingerprint density at radius 1 is 1.03 bits per heavy atom. The number of methoxy groups -OCH3 is 2. The Morgan fingerprint density at radius 2 is 1.79 bits per heavy atom. The molecule has 0 spiro atoms. The zero-order chi connectivity index (χ0) is 24.2. The van der Waals surface area contributed by atoms with Crippen LogP contribution in [-0.2, 0) is 24.4 Å². The van der Waals surface area contributed by atoms with Crippen LogP contribution in [0.25, 0.3) is 11.2 Å². The summed E-state index contributed by atoms with van der Waals surface area (Å²) in [5.41, 5.74) is 0.598. The highest BCUT2D eigenvalue weighted by Gasteiger charge is 2.20. The number of nitrogens with zero attached hydrogens (tertiary/aromatic N) is 4. The number of aryl methyl sites for hydroxylation is 1. The number of rotatable bonds is 8. The van der Waals surface area contributed by atoms with Crippen molar-refractivity contribution in [3.05, 3.63) is 81.3 Å². The normalized spacial score (nSPS) is 10.9. The van der Waals surface area contributed by atoms with Gasteiger partial charge in [-0.2, -0.15) is 0 Å². The smallest absolute Gasteiger partial charge is 0.333 e. The van der Waals surface area contributed by atoms with E-state index < -0.39 is 23.7 Å². The largest absolute Gasteiger partial charge is 0.497 e. The van der Waals surface area contributed by atoms with Crippen LogP contribution in [0.2, 0.25) is 0 Å². The molecule has 176 valence electrons. The van der Waals surface area contributed by atoms with Gasteiger partial charge < -0.3 is 19.4 Å². The van der Waals surface area contributed by atoms with Gasteiger partial charge in [-0.3, -0.25) is 14.2 Å². The van der Waals surface area contributed by atoms with Crippen molar-refractivity contribution in [3.8, 4) is 11.5 Å². The third-order valence-corrected chi connectivity index (χ3v) is 5.49. The van der Waals surface area contributed by atoms with E-state index in [0.717, 1.165) is 10.1 Å². The predicted octanol–water partition coefficient (Wildman–Crippen LogP) is 2.08. The first-order chi connectivity index (χ1) is 16.5. The van der Waals surface area contributed by atoms with Gasteiger partial charge in [-0.15, -0.1) is 0 Å². The Kier molecular flexibility index (Phi) is 6.48. The number of aromatic nitrogens is 4. The van der Waals surface area contributed by atoms with E-state index in [0.29, 0.717) is 23.7 Å². The van der Waals surface area contributed by atoms with Crippen LogP contribution in [0.15, 0.2) is 64.4 Å². The van der Waals surface area contributed by atoms with E-state index in [1.165, 1.54) is 25.1 Å². The van der Waals surface area contributed by atoms with Crippen LogP contribution in [0.1, 0.15) is 12.5 Å². The van der Waals surface area contributed by atoms with Gasteiger partial charge in [0, 0.05) is 12.6 Å². The van der Waals surface area contributed by atoms with Crippen LogP contribution in [0, 0.1) is 0 Å². The fourth-order valence-corrected chi connectivity index (χ4v) is 3.77. The minimum Gasteiger partial charge on any atom is -0.497 e. The third-order valence-electron chi connectivity index (χ3n) is 5.49. The van der Waals surface area contributed by atoms with E-state index in [1.54, 1.807) is 22.8 Å². The van der Waals surface area contributed by atoms with Crippen molar-refractivity contribution in [2.24, 2.45) is 0 Å². The lowest BCUT2D eigenvalue weighted by molar-refractivity contribution is -0.116. The van der Waals surface area contributed by atoms with Crippen LogP contribution in [0.4, 0.5) is 5.69 Å². The van der Waals surface area contributed by atoms with Crippen LogP contribution in [0.3, 0.4) is 0 Å². The molecule has 2 aromatic heterocycles. The van der Waals surface area contributed by atoms with Gasteiger partial charge in [-0.25, -0.2) is 14.3 Å². The van der Waals surface area contributed by atoms with Crippen molar-refractivity contribution >= 4 is 22.8 Å². The molecule has 0 saturated heterocycles. The number of fused-ring (bicyclic) bond motifs is 1. The van der Waals surface area contributed by atoms with Crippen molar-refractivity contribution in [1.29, 1.82) is 0 Å². The standard InChI is InChI=1S/C24H25N5O5/c1-4-27-15-25-22-21(27)23(31)29(24(32)28(22)13-16-8-6-5-7-9-16)14-20(30)26-18-12-17(33-2)10-11-19(18)34-3/h5-12,15H,4,13-14H2,1-3H3,(H,26,30). The fourth-order valence-electron chi connectivity index (χ4n) is 3.77. The molecular formula is C24H25N5O5. The van der Waals surface area contributed by atoms with E-state index in [9.17, 15) is 14.4 Å². The van der Waals surface area contributed by atoms with Crippen LogP contribution < -0.4 is 26.0 Å². The Balaban J connectivity index is 1.76. The molecule has 10 nitrogen and oxygen atoms in total. The third kappa shape index (κ3) is 4.29. The highest BCUT2D eigenvalue weighted by atomic mass is 16.5. The van der Waals surface area contributed by atoms with Crippen molar-refractivity contribution in [2.45, 2.75) is 26.6 Å². The second-order valence-corrected chi connectivity index (χ2v) is 7.56. The lowest BCUT2D eigenvalue weighted by atomic mass is 10.2. The second-order valence-electron chi connectivity index (χ2n) is 7.56. The number of carbonyl (C=O) groups is 1. The molecule has 2 aromatic carbocycles. The molecule has 0 aliphatic carbocycles. The topological polar surface area (TPSA) is 109 Å². The monoisotopic (exact) mass is 463 g/mol. The van der Waals surface area contributed by atoms with Crippen molar-refractivity contribution < 1.29 is 14.3 Å². The first kappa shape index (κ1) is 22.8. The zero-order valence-electron chi connectivity index (χ0n) is 19.1. The average Bonchev–Trinajstić information content (AvgIpc) is 3.29. The Bertz CT molecular complexity index is 1450. The summed E-state index contributed by atoms with van der Waals surface area (Å²) in [6.07, 6.45) is 1.53. The average molecular weight is 463 g/mol. The second kappa shape index (κ2) is 9.65. The molecule has 4 aromatic rings. The Labute approximate surface area is 195 Å². The molecule has 1 N–H and O–H groups in total. The maximum Gasteiger partial charge on any atom is 0.333 e. The maximum atomic E-state index is 13.4. The van der Waals surface area contributed by atoms with E-state index >= 15 is 0 Å². The first-order valence-corrected chi connectivity index (χ1v) is 10.7. The van der Waals surface area contributed by atoms with Crippen LogP contribution >= 0.6 is 0 Å². The molecule has 10 heteroatoms. The van der Waals surface area contributed by atoms with Crippen molar-refractivity contribution in [3.63, 3.8) is 0 Å². The molecule has 0 atom stereocenters. The molecular weight excluding hydrogens is 438 g/mol. The highest BCUT2D eigenvalue weighted by Crippen LogP contribution is 2.28. The van der Waals surface area contributed by atoms with Gasteiger partial charge in [0.15, 0.2) is 11.2 Å². The summed E-state index contributed by atoms with van der Waals surface area (Å²) in [4.78, 5) is 43.9. The summed E-state index contributed by atoms with van der Waals surface area (Å²) in [6.45, 7) is 2.10. The number of anilines is 1. The number of amides is 1. The summed E-state index contributed by atoms with van der Waals surface area (Å²) in [6, 6.07) is 14.3. The molecule has 0 bridgehead atoms. The molecule has 0 radical (unpaired) electrons. The van der Waals surface area contributed by atoms with Gasteiger partial charge in [0.05, 0.1) is 32.8 Å². The number of nitrogens with one attached hydrogen (secondary N) is 1. The van der Waals surface area contributed by atoms with Gasteiger partial charge in [0.1, 0.15) is 18.0 Å². The lowest BCUT2D eigenvalue weighted by Crippen LogP contribution is -2.43. The summed E-state index contributed by atoms with van der Waals surface area (Å²) < 4.78 is 14.5. The van der Waals surface area contributed by atoms with E-state index in [-0.39, 0.29) is 17.7 Å². The molecule has 0 aliphatic heterocycles. The number of benzene rings is 2. The molecule has 4 rings (SSSR count). The highest BCUT2D eigenvalue weighted by molar-refractivity contribution is 5.92.